The quantitative estimate of drug-likeness (QED) is 0.345. The van der Waals surface area contributed by atoms with Crippen LogP contribution in [0.4, 0.5) is 0 Å². The molecule has 1 atom stereocenters. The molecule has 0 bridgehead atoms. The molecule has 5 heteroatoms. The van der Waals surface area contributed by atoms with E-state index in [4.69, 9.17) is 10.9 Å². The molecule has 1 unspecified atom stereocenters. The molecule has 0 aromatic carbocycles. The third kappa shape index (κ3) is 3.22. The molecule has 1 heterocycles. The lowest BCUT2D eigenvalue weighted by molar-refractivity contribution is 0.314. The van der Waals surface area contributed by atoms with Gasteiger partial charge in [-0.25, -0.2) is 0 Å². The predicted molar refractivity (Wildman–Crippen MR) is 68.3 cm³/mol. The Morgan fingerprint density at radius 3 is 2.65 bits per heavy atom. The van der Waals surface area contributed by atoms with E-state index in [-0.39, 0.29) is 11.9 Å². The molecular formula is C12H22N4O. The van der Waals surface area contributed by atoms with Crippen LogP contribution in [0.25, 0.3) is 0 Å². The highest BCUT2D eigenvalue weighted by atomic mass is 16.4. The lowest BCUT2D eigenvalue weighted by Gasteiger charge is -2.17. The number of rotatable bonds is 6. The molecule has 0 fully saturated rings. The molecule has 0 amide bonds. The van der Waals surface area contributed by atoms with Gasteiger partial charge in [-0.3, -0.25) is 4.68 Å². The maximum atomic E-state index is 8.64. The second-order valence-electron chi connectivity index (χ2n) is 4.14. The van der Waals surface area contributed by atoms with Gasteiger partial charge in [0.15, 0.2) is 0 Å². The van der Waals surface area contributed by atoms with Crippen molar-refractivity contribution in [2.75, 3.05) is 0 Å². The number of nitrogens with two attached hydrogens (primary N) is 1. The van der Waals surface area contributed by atoms with Gasteiger partial charge in [0.25, 0.3) is 0 Å². The average molecular weight is 238 g/mol. The van der Waals surface area contributed by atoms with Crippen molar-refractivity contribution in [2.24, 2.45) is 10.9 Å². The molecule has 0 aliphatic heterocycles. The molecule has 0 saturated heterocycles. The van der Waals surface area contributed by atoms with E-state index in [0.717, 1.165) is 25.0 Å². The number of nitrogens with zero attached hydrogens (tertiary/aromatic N) is 3. The molecule has 96 valence electrons. The van der Waals surface area contributed by atoms with E-state index in [1.165, 1.54) is 5.69 Å². The van der Waals surface area contributed by atoms with Crippen LogP contribution in [0.2, 0.25) is 0 Å². The summed E-state index contributed by atoms with van der Waals surface area (Å²) in [4.78, 5) is 0. The van der Waals surface area contributed by atoms with Crippen molar-refractivity contribution >= 4 is 5.84 Å². The van der Waals surface area contributed by atoms with E-state index in [2.05, 4.69) is 37.1 Å². The fraction of sp³-hybridized carbons (Fsp3) is 0.667. The summed E-state index contributed by atoms with van der Waals surface area (Å²) in [5, 5.41) is 16.3. The van der Waals surface area contributed by atoms with E-state index >= 15 is 0 Å². The van der Waals surface area contributed by atoms with Crippen LogP contribution in [0.3, 0.4) is 0 Å². The van der Waals surface area contributed by atoms with Crippen LogP contribution >= 0.6 is 0 Å². The number of amidine groups is 1. The number of hydrogen-bond donors (Lipinski definition) is 2. The molecule has 0 aliphatic carbocycles. The Bertz CT molecular complexity index is 384. The van der Waals surface area contributed by atoms with E-state index < -0.39 is 0 Å². The number of hydrogen-bond acceptors (Lipinski definition) is 3. The Balaban J connectivity index is 2.97. The summed E-state index contributed by atoms with van der Waals surface area (Å²) in [5.41, 5.74) is 7.88. The molecule has 1 aromatic heterocycles. The zero-order valence-electron chi connectivity index (χ0n) is 10.8. The minimum atomic E-state index is 0.168. The van der Waals surface area contributed by atoms with Crippen LogP contribution in [-0.2, 0) is 12.8 Å². The minimum Gasteiger partial charge on any atom is -0.409 e. The van der Waals surface area contributed by atoms with Gasteiger partial charge in [0.05, 0.1) is 11.7 Å². The Hall–Kier alpha value is -1.52. The van der Waals surface area contributed by atoms with Crippen molar-refractivity contribution in [2.45, 2.75) is 52.5 Å². The summed E-state index contributed by atoms with van der Waals surface area (Å²) >= 11 is 0. The monoisotopic (exact) mass is 238 g/mol. The Morgan fingerprint density at radius 2 is 2.18 bits per heavy atom. The third-order valence-corrected chi connectivity index (χ3v) is 2.98. The SMILES string of the molecule is CCc1cc(CC)n(C(CC)C/C(N)=N/O)n1. The van der Waals surface area contributed by atoms with Crippen LogP contribution < -0.4 is 5.73 Å². The van der Waals surface area contributed by atoms with Crippen LogP contribution in [0, 0.1) is 0 Å². The largest absolute Gasteiger partial charge is 0.409 e. The first-order chi connectivity index (χ1) is 8.15. The summed E-state index contributed by atoms with van der Waals surface area (Å²) in [7, 11) is 0. The maximum absolute atomic E-state index is 8.64. The maximum Gasteiger partial charge on any atom is 0.141 e. The number of aromatic nitrogens is 2. The van der Waals surface area contributed by atoms with Crippen molar-refractivity contribution in [3.05, 3.63) is 17.5 Å². The van der Waals surface area contributed by atoms with E-state index in [1.54, 1.807) is 0 Å². The highest BCUT2D eigenvalue weighted by Crippen LogP contribution is 2.19. The van der Waals surface area contributed by atoms with Gasteiger partial charge >= 0.3 is 0 Å². The van der Waals surface area contributed by atoms with Gasteiger partial charge < -0.3 is 10.9 Å². The van der Waals surface area contributed by atoms with Crippen molar-refractivity contribution in [1.82, 2.24) is 9.78 Å². The van der Waals surface area contributed by atoms with Crippen LogP contribution in [0.5, 0.6) is 0 Å². The number of oxime groups is 1. The smallest absolute Gasteiger partial charge is 0.141 e. The van der Waals surface area contributed by atoms with Crippen molar-refractivity contribution < 1.29 is 5.21 Å². The van der Waals surface area contributed by atoms with Gasteiger partial charge in [-0.15, -0.1) is 0 Å². The molecule has 17 heavy (non-hydrogen) atoms. The predicted octanol–water partition coefficient (Wildman–Crippen LogP) is 2.10. The lowest BCUT2D eigenvalue weighted by atomic mass is 10.1. The molecule has 1 rings (SSSR count). The zero-order valence-corrected chi connectivity index (χ0v) is 10.8. The van der Waals surface area contributed by atoms with Gasteiger partial charge in [-0.1, -0.05) is 25.9 Å². The standard InChI is InChI=1S/C12H22N4O/c1-4-9-7-10(5-2)16(14-9)11(6-3)8-12(13)15-17/h7,11,17H,4-6,8H2,1-3H3,(H2,13,15). The molecule has 5 nitrogen and oxygen atoms in total. The van der Waals surface area contributed by atoms with Crippen LogP contribution in [0.1, 0.15) is 51.0 Å². The van der Waals surface area contributed by atoms with Gasteiger partial charge in [0.2, 0.25) is 0 Å². The summed E-state index contributed by atoms with van der Waals surface area (Å²) in [5.74, 6) is 0.257. The Labute approximate surface area is 102 Å². The fourth-order valence-corrected chi connectivity index (χ4v) is 1.93. The van der Waals surface area contributed by atoms with Crippen molar-refractivity contribution in [3.63, 3.8) is 0 Å². The molecule has 0 radical (unpaired) electrons. The summed E-state index contributed by atoms with van der Waals surface area (Å²) in [6.07, 6.45) is 3.32. The molecule has 3 N–H and O–H groups in total. The average Bonchev–Trinajstić information content (AvgIpc) is 2.78. The van der Waals surface area contributed by atoms with Gasteiger partial charge in [-0.2, -0.15) is 5.10 Å². The van der Waals surface area contributed by atoms with E-state index in [1.807, 2.05) is 4.68 Å². The highest BCUT2D eigenvalue weighted by molar-refractivity contribution is 5.79. The first-order valence-electron chi connectivity index (χ1n) is 6.19. The Morgan fingerprint density at radius 1 is 1.47 bits per heavy atom. The van der Waals surface area contributed by atoms with Gasteiger partial charge in [0.1, 0.15) is 5.84 Å². The Kier molecular flexibility index (Phi) is 5.00. The van der Waals surface area contributed by atoms with Crippen molar-refractivity contribution in [1.29, 1.82) is 0 Å². The first-order valence-corrected chi connectivity index (χ1v) is 6.19. The molecular weight excluding hydrogens is 216 g/mol. The lowest BCUT2D eigenvalue weighted by Crippen LogP contribution is -2.21. The summed E-state index contributed by atoms with van der Waals surface area (Å²) < 4.78 is 2.02. The summed E-state index contributed by atoms with van der Waals surface area (Å²) in [6, 6.07) is 2.30. The first kappa shape index (κ1) is 13.5. The molecule has 0 saturated carbocycles. The molecule has 0 spiro atoms. The van der Waals surface area contributed by atoms with Gasteiger partial charge in [0, 0.05) is 12.1 Å². The number of aryl methyl sites for hydroxylation is 2. The topological polar surface area (TPSA) is 76.4 Å². The van der Waals surface area contributed by atoms with Gasteiger partial charge in [-0.05, 0) is 25.3 Å². The minimum absolute atomic E-state index is 0.168. The molecule has 1 aromatic rings. The second-order valence-corrected chi connectivity index (χ2v) is 4.14. The highest BCUT2D eigenvalue weighted by Gasteiger charge is 2.16. The fourth-order valence-electron chi connectivity index (χ4n) is 1.93. The normalized spacial score (nSPS) is 13.9. The summed E-state index contributed by atoms with van der Waals surface area (Å²) in [6.45, 7) is 6.29. The van der Waals surface area contributed by atoms with Crippen molar-refractivity contribution in [3.8, 4) is 0 Å². The third-order valence-electron chi connectivity index (χ3n) is 2.98. The van der Waals surface area contributed by atoms with Crippen LogP contribution in [-0.4, -0.2) is 20.8 Å². The second kappa shape index (κ2) is 6.27. The van der Waals surface area contributed by atoms with E-state index in [9.17, 15) is 0 Å². The molecule has 0 aliphatic rings. The van der Waals surface area contributed by atoms with E-state index in [0.29, 0.717) is 6.42 Å². The zero-order chi connectivity index (χ0) is 12.8. The van der Waals surface area contributed by atoms with Crippen LogP contribution in [0.15, 0.2) is 11.2 Å².